The van der Waals surface area contributed by atoms with Gasteiger partial charge < -0.3 is 25.2 Å². The summed E-state index contributed by atoms with van der Waals surface area (Å²) in [7, 11) is 0. The van der Waals surface area contributed by atoms with Gasteiger partial charge in [0.15, 0.2) is 5.60 Å². The van der Waals surface area contributed by atoms with Crippen molar-refractivity contribution >= 4 is 18.0 Å². The van der Waals surface area contributed by atoms with Crippen molar-refractivity contribution in [1.29, 1.82) is 0 Å². The fraction of sp³-hybridized carbons (Fsp3) is 0.375. The molecule has 1 heterocycles. The summed E-state index contributed by atoms with van der Waals surface area (Å²) in [5, 5.41) is 21.1. The first-order chi connectivity index (χ1) is 16.2. The first-order valence-corrected chi connectivity index (χ1v) is 10.8. The molecule has 0 spiro atoms. The van der Waals surface area contributed by atoms with E-state index in [-0.39, 0.29) is 25.5 Å². The minimum absolute atomic E-state index is 0.0679. The number of rotatable bonds is 7. The van der Waals surface area contributed by atoms with Crippen LogP contribution in [0.2, 0.25) is 0 Å². The lowest BCUT2D eigenvalue weighted by molar-refractivity contribution is -0.157. The fourth-order valence-corrected chi connectivity index (χ4v) is 4.49. The van der Waals surface area contributed by atoms with Crippen LogP contribution in [0.15, 0.2) is 48.5 Å². The highest BCUT2D eigenvalue weighted by Gasteiger charge is 2.45. The zero-order valence-electron chi connectivity index (χ0n) is 18.1. The van der Waals surface area contributed by atoms with Crippen LogP contribution in [-0.4, -0.2) is 70.8 Å². The van der Waals surface area contributed by atoms with E-state index in [1.165, 1.54) is 0 Å². The van der Waals surface area contributed by atoms with Gasteiger partial charge in [-0.2, -0.15) is 0 Å². The van der Waals surface area contributed by atoms with E-state index >= 15 is 0 Å². The number of alkyl halides is 2. The van der Waals surface area contributed by atoms with Gasteiger partial charge in [-0.1, -0.05) is 48.5 Å². The predicted molar refractivity (Wildman–Crippen MR) is 116 cm³/mol. The number of ether oxygens (including phenoxy) is 1. The molecule has 1 saturated heterocycles. The van der Waals surface area contributed by atoms with Gasteiger partial charge in [0, 0.05) is 18.9 Å². The number of amides is 2. The highest BCUT2D eigenvalue weighted by Crippen LogP contribution is 2.44. The van der Waals surface area contributed by atoms with E-state index in [0.29, 0.717) is 0 Å². The normalized spacial score (nSPS) is 20.1. The van der Waals surface area contributed by atoms with Crippen LogP contribution in [0.4, 0.5) is 13.6 Å². The molecule has 2 amide bonds. The SMILES string of the molecule is O=C(NC(CC(=O)N1CCC(O)(C(=O)O)C1)C(F)F)OCC1c2ccccc2-c2ccccc21. The number of nitrogens with one attached hydrogen (secondary N) is 1. The number of likely N-dealkylation sites (tertiary alicyclic amines) is 1. The molecule has 0 radical (unpaired) electrons. The maximum Gasteiger partial charge on any atom is 0.407 e. The van der Waals surface area contributed by atoms with Crippen molar-refractivity contribution in [1.82, 2.24) is 10.2 Å². The lowest BCUT2D eigenvalue weighted by Crippen LogP contribution is -2.46. The molecular formula is C24H24F2N2O6. The highest BCUT2D eigenvalue weighted by molar-refractivity contribution is 5.83. The summed E-state index contributed by atoms with van der Waals surface area (Å²) in [5.74, 6) is -2.52. The summed E-state index contributed by atoms with van der Waals surface area (Å²) in [5.41, 5.74) is 1.88. The molecule has 10 heteroatoms. The van der Waals surface area contributed by atoms with Crippen LogP contribution in [0.5, 0.6) is 0 Å². The number of hydrogen-bond donors (Lipinski definition) is 3. The standard InChI is InChI=1S/C24H24F2N2O6/c25-21(26)19(11-20(29)28-10-9-24(33,13-28)22(30)31)27-23(32)34-12-18-16-7-3-1-5-14(16)15-6-2-4-8-17(15)18/h1-8,18-19,21,33H,9-13H2,(H,27,32)(H,30,31). The number of alkyl carbamates (subject to hydrolysis) is 1. The number of β-amino-alcohol motifs (C(OH)–C–C–N with tert-alkyl or cyclic N) is 1. The molecule has 2 aliphatic rings. The van der Waals surface area contributed by atoms with Crippen molar-refractivity contribution in [2.24, 2.45) is 0 Å². The minimum Gasteiger partial charge on any atom is -0.479 e. The first kappa shape index (κ1) is 23.6. The lowest BCUT2D eigenvalue weighted by atomic mass is 9.98. The predicted octanol–water partition coefficient (Wildman–Crippen LogP) is 2.60. The van der Waals surface area contributed by atoms with Gasteiger partial charge >= 0.3 is 12.1 Å². The molecule has 0 saturated carbocycles. The highest BCUT2D eigenvalue weighted by atomic mass is 19.3. The number of carboxylic acid groups (broad SMARTS) is 1. The van der Waals surface area contributed by atoms with E-state index in [1.54, 1.807) is 0 Å². The minimum atomic E-state index is -3.05. The van der Waals surface area contributed by atoms with Gasteiger partial charge in [-0.3, -0.25) is 4.79 Å². The number of aliphatic hydroxyl groups is 1. The molecule has 2 atom stereocenters. The van der Waals surface area contributed by atoms with Crippen molar-refractivity contribution in [3.05, 3.63) is 59.7 Å². The second-order valence-electron chi connectivity index (χ2n) is 8.52. The molecule has 0 aromatic heterocycles. The van der Waals surface area contributed by atoms with Crippen LogP contribution in [0, 0.1) is 0 Å². The summed E-state index contributed by atoms with van der Waals surface area (Å²) < 4.78 is 32.3. The third kappa shape index (κ3) is 4.58. The molecular weight excluding hydrogens is 450 g/mol. The van der Waals surface area contributed by atoms with Gasteiger partial charge in [0.05, 0.1) is 13.0 Å². The molecule has 2 unspecified atom stereocenters. The zero-order chi connectivity index (χ0) is 24.5. The Balaban J connectivity index is 1.36. The van der Waals surface area contributed by atoms with Crippen molar-refractivity contribution in [3.63, 3.8) is 0 Å². The molecule has 0 bridgehead atoms. The Morgan fingerprint density at radius 3 is 2.21 bits per heavy atom. The summed E-state index contributed by atoms with van der Waals surface area (Å²) >= 11 is 0. The van der Waals surface area contributed by atoms with Crippen LogP contribution < -0.4 is 5.32 Å². The molecule has 1 fully saturated rings. The van der Waals surface area contributed by atoms with E-state index in [0.717, 1.165) is 27.2 Å². The van der Waals surface area contributed by atoms with Gasteiger partial charge in [-0.15, -0.1) is 0 Å². The smallest absolute Gasteiger partial charge is 0.407 e. The number of fused-ring (bicyclic) bond motifs is 3. The summed E-state index contributed by atoms with van der Waals surface area (Å²) in [6.07, 6.45) is -5.08. The molecule has 2 aromatic carbocycles. The van der Waals surface area contributed by atoms with Gasteiger partial charge in [0.2, 0.25) is 5.91 Å². The Kier molecular flexibility index (Phi) is 6.52. The van der Waals surface area contributed by atoms with E-state index in [2.05, 4.69) is 0 Å². The van der Waals surface area contributed by atoms with Gasteiger partial charge in [0.1, 0.15) is 12.6 Å². The Morgan fingerprint density at radius 2 is 1.68 bits per heavy atom. The largest absolute Gasteiger partial charge is 0.479 e. The molecule has 1 aliphatic heterocycles. The van der Waals surface area contributed by atoms with Gasteiger partial charge in [0.25, 0.3) is 6.43 Å². The van der Waals surface area contributed by atoms with Crippen molar-refractivity contribution in [2.45, 2.75) is 36.8 Å². The van der Waals surface area contributed by atoms with Crippen LogP contribution in [0.3, 0.4) is 0 Å². The molecule has 8 nitrogen and oxygen atoms in total. The average Bonchev–Trinajstić information content (AvgIpc) is 3.37. The molecule has 4 rings (SSSR count). The number of carboxylic acids is 1. The third-order valence-electron chi connectivity index (χ3n) is 6.34. The number of carbonyl (C=O) groups excluding carboxylic acids is 2. The molecule has 3 N–H and O–H groups in total. The fourth-order valence-electron chi connectivity index (χ4n) is 4.49. The topological polar surface area (TPSA) is 116 Å². The molecule has 1 aliphatic carbocycles. The van der Waals surface area contributed by atoms with E-state index < -0.39 is 49.0 Å². The van der Waals surface area contributed by atoms with E-state index in [9.17, 15) is 28.3 Å². The van der Waals surface area contributed by atoms with E-state index in [1.807, 2.05) is 53.8 Å². The maximum absolute atomic E-state index is 13.5. The van der Waals surface area contributed by atoms with Gasteiger partial charge in [-0.25, -0.2) is 18.4 Å². The number of halogens is 2. The Morgan fingerprint density at radius 1 is 1.09 bits per heavy atom. The lowest BCUT2D eigenvalue weighted by Gasteiger charge is -2.23. The van der Waals surface area contributed by atoms with Gasteiger partial charge in [-0.05, 0) is 22.3 Å². The monoisotopic (exact) mass is 474 g/mol. The molecule has 34 heavy (non-hydrogen) atoms. The number of hydrogen-bond acceptors (Lipinski definition) is 5. The van der Waals surface area contributed by atoms with Crippen LogP contribution in [0.25, 0.3) is 11.1 Å². The summed E-state index contributed by atoms with van der Waals surface area (Å²) in [4.78, 5) is 36.8. The van der Waals surface area contributed by atoms with Crippen molar-refractivity contribution in [2.75, 3.05) is 19.7 Å². The average molecular weight is 474 g/mol. The quantitative estimate of drug-likeness (QED) is 0.568. The van der Waals surface area contributed by atoms with Crippen LogP contribution in [-0.2, 0) is 14.3 Å². The Hall–Kier alpha value is -3.53. The number of carbonyl (C=O) groups is 3. The Labute approximate surface area is 194 Å². The third-order valence-corrected chi connectivity index (χ3v) is 6.34. The number of aliphatic carboxylic acids is 1. The van der Waals surface area contributed by atoms with Crippen molar-refractivity contribution in [3.8, 4) is 11.1 Å². The summed E-state index contributed by atoms with van der Waals surface area (Å²) in [6.45, 7) is -0.647. The van der Waals surface area contributed by atoms with Crippen LogP contribution >= 0.6 is 0 Å². The number of nitrogens with zero attached hydrogens (tertiary/aromatic N) is 1. The summed E-state index contributed by atoms with van der Waals surface area (Å²) in [6, 6.07) is 13.5. The first-order valence-electron chi connectivity index (χ1n) is 10.8. The number of benzene rings is 2. The zero-order valence-corrected chi connectivity index (χ0v) is 18.1. The second kappa shape index (κ2) is 9.38. The molecule has 180 valence electrons. The van der Waals surface area contributed by atoms with Crippen LogP contribution in [0.1, 0.15) is 29.9 Å². The Bertz CT molecular complexity index is 1060. The second-order valence-corrected chi connectivity index (χ2v) is 8.52. The maximum atomic E-state index is 13.5. The van der Waals surface area contributed by atoms with Crippen molar-refractivity contribution < 1.29 is 38.1 Å². The molecule has 2 aromatic rings. The van der Waals surface area contributed by atoms with E-state index in [4.69, 9.17) is 9.84 Å².